The molecule has 0 aliphatic rings. The van der Waals surface area contributed by atoms with Crippen molar-refractivity contribution >= 4 is 24.2 Å². The zero-order chi connectivity index (χ0) is 14.0. The van der Waals surface area contributed by atoms with Crippen LogP contribution in [0.1, 0.15) is 18.0 Å². The summed E-state index contributed by atoms with van der Waals surface area (Å²) in [6, 6.07) is 3.28. The van der Waals surface area contributed by atoms with Crippen molar-refractivity contribution in [1.29, 1.82) is 0 Å². The highest BCUT2D eigenvalue weighted by Crippen LogP contribution is 2.37. The summed E-state index contributed by atoms with van der Waals surface area (Å²) >= 11 is -0.329. The molecule has 0 aliphatic carbocycles. The molecular formula is C10H10ClF6NS. The SMILES string of the molecule is Cl.N[C@H](CC(F)(F)F)c1ccc(SC(F)(F)F)cc1. The minimum atomic E-state index is -4.42. The summed E-state index contributed by atoms with van der Waals surface area (Å²) in [5.74, 6) is 0. The van der Waals surface area contributed by atoms with Crippen LogP contribution in [-0.2, 0) is 0 Å². The molecule has 1 rings (SSSR count). The second-order valence-corrected chi connectivity index (χ2v) is 4.68. The number of alkyl halides is 6. The third-order valence-corrected chi connectivity index (χ3v) is 2.73. The quantitative estimate of drug-likeness (QED) is 0.645. The molecule has 0 fully saturated rings. The molecule has 19 heavy (non-hydrogen) atoms. The first-order valence-electron chi connectivity index (χ1n) is 4.75. The number of benzene rings is 1. The number of hydrogen-bond donors (Lipinski definition) is 1. The lowest BCUT2D eigenvalue weighted by Crippen LogP contribution is -2.20. The molecule has 0 aromatic heterocycles. The highest BCUT2D eigenvalue weighted by Gasteiger charge is 2.31. The summed E-state index contributed by atoms with van der Waals surface area (Å²) < 4.78 is 72.2. The van der Waals surface area contributed by atoms with Gasteiger partial charge >= 0.3 is 11.7 Å². The lowest BCUT2D eigenvalue weighted by Gasteiger charge is -2.14. The molecule has 1 nitrogen and oxygen atoms in total. The Balaban J connectivity index is 0.00000324. The minimum Gasteiger partial charge on any atom is -0.324 e. The standard InChI is InChI=1S/C10H9F6NS.ClH/c11-9(12,13)5-8(17)6-1-3-7(4-2-6)18-10(14,15)16;/h1-4,8H,5,17H2;1H/t8-;/m1./s1. The van der Waals surface area contributed by atoms with Crippen LogP contribution >= 0.6 is 24.2 Å². The van der Waals surface area contributed by atoms with Gasteiger partial charge in [-0.15, -0.1) is 12.4 Å². The van der Waals surface area contributed by atoms with Gasteiger partial charge in [0.1, 0.15) is 0 Å². The van der Waals surface area contributed by atoms with E-state index in [-0.39, 0.29) is 34.6 Å². The maximum Gasteiger partial charge on any atom is 0.446 e. The highest BCUT2D eigenvalue weighted by molar-refractivity contribution is 8.00. The average molecular weight is 326 g/mol. The van der Waals surface area contributed by atoms with Crippen molar-refractivity contribution in [3.05, 3.63) is 29.8 Å². The Morgan fingerprint density at radius 2 is 1.47 bits per heavy atom. The molecule has 9 heteroatoms. The Bertz CT molecular complexity index is 388. The van der Waals surface area contributed by atoms with Crippen LogP contribution in [0.2, 0.25) is 0 Å². The number of hydrogen-bond acceptors (Lipinski definition) is 2. The second kappa shape index (κ2) is 6.71. The molecule has 0 aliphatic heterocycles. The molecule has 1 atom stereocenters. The Morgan fingerprint density at radius 1 is 1.00 bits per heavy atom. The number of thioether (sulfide) groups is 1. The van der Waals surface area contributed by atoms with Crippen LogP contribution in [0.5, 0.6) is 0 Å². The van der Waals surface area contributed by atoms with Crippen LogP contribution in [0, 0.1) is 0 Å². The van der Waals surface area contributed by atoms with E-state index >= 15 is 0 Å². The van der Waals surface area contributed by atoms with Crippen LogP contribution in [0.3, 0.4) is 0 Å². The summed E-state index contributed by atoms with van der Waals surface area (Å²) in [5, 5.41) is 0. The van der Waals surface area contributed by atoms with E-state index < -0.39 is 24.1 Å². The van der Waals surface area contributed by atoms with Gasteiger partial charge in [-0.3, -0.25) is 0 Å². The van der Waals surface area contributed by atoms with E-state index in [2.05, 4.69) is 0 Å². The summed E-state index contributed by atoms with van der Waals surface area (Å²) in [6.07, 6.45) is -5.61. The summed E-state index contributed by atoms with van der Waals surface area (Å²) in [5.41, 5.74) is 1.04. The molecule has 0 bridgehead atoms. The summed E-state index contributed by atoms with van der Waals surface area (Å²) in [6.45, 7) is 0. The van der Waals surface area contributed by atoms with Crippen LogP contribution in [0.25, 0.3) is 0 Å². The predicted molar refractivity (Wildman–Crippen MR) is 63.2 cm³/mol. The van der Waals surface area contributed by atoms with Gasteiger partial charge in [-0.05, 0) is 29.5 Å². The fourth-order valence-electron chi connectivity index (χ4n) is 1.28. The van der Waals surface area contributed by atoms with Crippen LogP contribution in [0.4, 0.5) is 26.3 Å². The molecule has 0 amide bonds. The zero-order valence-corrected chi connectivity index (χ0v) is 10.9. The lowest BCUT2D eigenvalue weighted by molar-refractivity contribution is -0.138. The number of nitrogens with two attached hydrogens (primary N) is 1. The van der Waals surface area contributed by atoms with Crippen LogP contribution in [0.15, 0.2) is 29.2 Å². The molecule has 0 unspecified atom stereocenters. The summed E-state index contributed by atoms with van der Waals surface area (Å²) in [7, 11) is 0. The third-order valence-electron chi connectivity index (χ3n) is 1.99. The van der Waals surface area contributed by atoms with E-state index in [9.17, 15) is 26.3 Å². The van der Waals surface area contributed by atoms with Gasteiger partial charge in [-0.1, -0.05) is 12.1 Å². The largest absolute Gasteiger partial charge is 0.446 e. The molecule has 0 saturated carbocycles. The Hall–Kier alpha value is -0.600. The minimum absolute atomic E-state index is 0. The molecule has 1 aromatic carbocycles. The number of halogens is 7. The first-order chi connectivity index (χ1) is 8.07. The van der Waals surface area contributed by atoms with Gasteiger partial charge in [0.25, 0.3) is 0 Å². The van der Waals surface area contributed by atoms with Gasteiger partial charge < -0.3 is 5.73 Å². The second-order valence-electron chi connectivity index (χ2n) is 3.54. The molecular weight excluding hydrogens is 316 g/mol. The molecule has 2 N–H and O–H groups in total. The first-order valence-corrected chi connectivity index (χ1v) is 5.56. The maximum absolute atomic E-state index is 12.1. The monoisotopic (exact) mass is 325 g/mol. The van der Waals surface area contributed by atoms with Gasteiger partial charge in [0.2, 0.25) is 0 Å². The van der Waals surface area contributed by atoms with E-state index in [4.69, 9.17) is 5.73 Å². The van der Waals surface area contributed by atoms with Crippen molar-refractivity contribution in [2.45, 2.75) is 29.0 Å². The predicted octanol–water partition coefficient (Wildman–Crippen LogP) is 4.67. The maximum atomic E-state index is 12.1. The van der Waals surface area contributed by atoms with Crippen molar-refractivity contribution < 1.29 is 26.3 Å². The van der Waals surface area contributed by atoms with Crippen molar-refractivity contribution in [3.8, 4) is 0 Å². The summed E-state index contributed by atoms with van der Waals surface area (Å²) in [4.78, 5) is -0.0922. The van der Waals surface area contributed by atoms with Crippen molar-refractivity contribution in [1.82, 2.24) is 0 Å². The molecule has 1 aromatic rings. The Morgan fingerprint density at radius 3 is 1.84 bits per heavy atom. The molecule has 0 heterocycles. The lowest BCUT2D eigenvalue weighted by atomic mass is 10.0. The van der Waals surface area contributed by atoms with E-state index in [1.165, 1.54) is 12.1 Å². The fourth-order valence-corrected chi connectivity index (χ4v) is 1.82. The normalized spacial score (nSPS) is 13.8. The van der Waals surface area contributed by atoms with Gasteiger partial charge in [-0.25, -0.2) is 0 Å². The van der Waals surface area contributed by atoms with Crippen LogP contribution in [-0.4, -0.2) is 11.7 Å². The first kappa shape index (κ1) is 18.4. The van der Waals surface area contributed by atoms with Crippen molar-refractivity contribution in [2.24, 2.45) is 5.73 Å². The van der Waals surface area contributed by atoms with Crippen molar-refractivity contribution in [3.63, 3.8) is 0 Å². The smallest absolute Gasteiger partial charge is 0.324 e. The Kier molecular flexibility index (Phi) is 6.50. The van der Waals surface area contributed by atoms with E-state index in [0.717, 1.165) is 12.1 Å². The van der Waals surface area contributed by atoms with Gasteiger partial charge in [-0.2, -0.15) is 26.3 Å². The molecule has 0 radical (unpaired) electrons. The third kappa shape index (κ3) is 7.54. The zero-order valence-electron chi connectivity index (χ0n) is 9.26. The van der Waals surface area contributed by atoms with E-state index in [1.807, 2.05) is 0 Å². The van der Waals surface area contributed by atoms with Gasteiger partial charge in [0, 0.05) is 10.9 Å². The molecule has 0 spiro atoms. The molecule has 0 saturated heterocycles. The van der Waals surface area contributed by atoms with Crippen LogP contribution < -0.4 is 5.73 Å². The van der Waals surface area contributed by atoms with Gasteiger partial charge in [0.15, 0.2) is 0 Å². The topological polar surface area (TPSA) is 26.0 Å². The number of rotatable bonds is 3. The average Bonchev–Trinajstić information content (AvgIpc) is 2.13. The van der Waals surface area contributed by atoms with Gasteiger partial charge in [0.05, 0.1) is 6.42 Å². The Labute approximate surface area is 116 Å². The highest BCUT2D eigenvalue weighted by atomic mass is 35.5. The van der Waals surface area contributed by atoms with E-state index in [0.29, 0.717) is 0 Å². The van der Waals surface area contributed by atoms with E-state index in [1.54, 1.807) is 0 Å². The fraction of sp³-hybridized carbons (Fsp3) is 0.400. The van der Waals surface area contributed by atoms with Crippen molar-refractivity contribution in [2.75, 3.05) is 0 Å². The molecule has 110 valence electrons.